The molecular formula is C20H22N2O4. The zero-order chi connectivity index (χ0) is 18.3. The topological polar surface area (TPSA) is 78.4 Å². The molecule has 0 unspecified atom stereocenters. The van der Waals surface area contributed by atoms with Crippen molar-refractivity contribution in [3.05, 3.63) is 36.3 Å². The fourth-order valence-corrected chi connectivity index (χ4v) is 4.24. The number of cyclic esters (lactones) is 2. The van der Waals surface area contributed by atoms with E-state index in [4.69, 9.17) is 9.47 Å². The number of rotatable bonds is 2. The Labute approximate surface area is 151 Å². The van der Waals surface area contributed by atoms with Gasteiger partial charge in [0.15, 0.2) is 5.92 Å². The Bertz CT molecular complexity index is 831. The highest BCUT2D eigenvalue weighted by molar-refractivity contribution is 5.97. The highest BCUT2D eigenvalue weighted by Crippen LogP contribution is 2.42. The summed E-state index contributed by atoms with van der Waals surface area (Å²) in [5.41, 5.74) is 2.19. The lowest BCUT2D eigenvalue weighted by atomic mass is 9.73. The fourth-order valence-electron chi connectivity index (χ4n) is 4.24. The predicted octanol–water partition coefficient (Wildman–Crippen LogP) is 3.36. The van der Waals surface area contributed by atoms with Crippen LogP contribution in [0, 0.1) is 11.8 Å². The number of hydrogen-bond acceptors (Lipinski definition) is 6. The van der Waals surface area contributed by atoms with Crippen LogP contribution in [0.25, 0.3) is 10.9 Å². The summed E-state index contributed by atoms with van der Waals surface area (Å²) in [6, 6.07) is 3.97. The molecule has 1 saturated carbocycles. The molecule has 1 aliphatic carbocycles. The fraction of sp³-hybridized carbons (Fsp3) is 0.500. The summed E-state index contributed by atoms with van der Waals surface area (Å²) in [6.07, 6.45) is 8.87. The van der Waals surface area contributed by atoms with Gasteiger partial charge in [-0.3, -0.25) is 19.6 Å². The van der Waals surface area contributed by atoms with Crippen LogP contribution in [0.5, 0.6) is 0 Å². The summed E-state index contributed by atoms with van der Waals surface area (Å²) in [7, 11) is 0. The maximum Gasteiger partial charge on any atom is 0.323 e. The molecule has 1 aliphatic heterocycles. The van der Waals surface area contributed by atoms with Gasteiger partial charge in [0.1, 0.15) is 0 Å². The molecular weight excluding hydrogens is 332 g/mol. The van der Waals surface area contributed by atoms with E-state index in [1.54, 1.807) is 20.0 Å². The second kappa shape index (κ2) is 6.34. The normalized spacial score (nSPS) is 26.4. The molecule has 4 rings (SSSR count). The number of nitrogens with zero attached hydrogens (tertiary/aromatic N) is 2. The van der Waals surface area contributed by atoms with Crippen molar-refractivity contribution in [2.45, 2.75) is 51.2 Å². The lowest BCUT2D eigenvalue weighted by Crippen LogP contribution is -2.49. The standard InChI is InChI=1S/C20H22N2O4/c1-20(2)25-18(23)17(19(24)26-20)13-5-3-12(4-6-13)14-7-10-22-16-8-9-21-11-15(14)16/h7-13,17H,3-6H2,1-2H3. The van der Waals surface area contributed by atoms with Crippen molar-refractivity contribution in [2.75, 3.05) is 0 Å². The molecule has 0 atom stereocenters. The van der Waals surface area contributed by atoms with Crippen LogP contribution in [0.3, 0.4) is 0 Å². The van der Waals surface area contributed by atoms with Crippen LogP contribution in [-0.2, 0) is 19.1 Å². The van der Waals surface area contributed by atoms with Gasteiger partial charge in [0, 0.05) is 37.8 Å². The van der Waals surface area contributed by atoms with Gasteiger partial charge in [-0.15, -0.1) is 0 Å². The zero-order valence-corrected chi connectivity index (χ0v) is 15.0. The van der Waals surface area contributed by atoms with Crippen molar-refractivity contribution in [3.63, 3.8) is 0 Å². The van der Waals surface area contributed by atoms with Crippen LogP contribution in [0.4, 0.5) is 0 Å². The summed E-state index contributed by atoms with van der Waals surface area (Å²) < 4.78 is 10.6. The third-order valence-corrected chi connectivity index (χ3v) is 5.46. The maximum atomic E-state index is 12.3. The van der Waals surface area contributed by atoms with Crippen molar-refractivity contribution >= 4 is 22.8 Å². The predicted molar refractivity (Wildman–Crippen MR) is 94.0 cm³/mol. The third-order valence-electron chi connectivity index (χ3n) is 5.46. The molecule has 3 heterocycles. The van der Waals surface area contributed by atoms with E-state index in [-0.39, 0.29) is 5.92 Å². The first kappa shape index (κ1) is 16.9. The number of hydrogen-bond donors (Lipinski definition) is 0. The minimum absolute atomic E-state index is 0.0198. The quantitative estimate of drug-likeness (QED) is 0.608. The second-order valence-corrected chi connectivity index (χ2v) is 7.62. The molecule has 0 radical (unpaired) electrons. The molecule has 2 aliphatic rings. The van der Waals surface area contributed by atoms with E-state index >= 15 is 0 Å². The molecule has 0 spiro atoms. The van der Waals surface area contributed by atoms with Crippen LogP contribution in [0.2, 0.25) is 0 Å². The van der Waals surface area contributed by atoms with Crippen LogP contribution < -0.4 is 0 Å². The molecule has 0 aromatic carbocycles. The summed E-state index contributed by atoms with van der Waals surface area (Å²) in [6.45, 7) is 3.16. The van der Waals surface area contributed by atoms with Gasteiger partial charge in [0.05, 0.1) is 5.52 Å². The molecule has 26 heavy (non-hydrogen) atoms. The average Bonchev–Trinajstić information content (AvgIpc) is 2.60. The van der Waals surface area contributed by atoms with Gasteiger partial charge in [0.2, 0.25) is 0 Å². The van der Waals surface area contributed by atoms with Gasteiger partial charge in [-0.1, -0.05) is 0 Å². The van der Waals surface area contributed by atoms with Gasteiger partial charge in [-0.25, -0.2) is 0 Å². The van der Waals surface area contributed by atoms with Crippen LogP contribution in [0.15, 0.2) is 30.7 Å². The van der Waals surface area contributed by atoms with Crippen molar-refractivity contribution in [1.29, 1.82) is 0 Å². The molecule has 6 heteroatoms. The van der Waals surface area contributed by atoms with Gasteiger partial charge >= 0.3 is 11.9 Å². The van der Waals surface area contributed by atoms with Crippen molar-refractivity contribution < 1.29 is 19.1 Å². The monoisotopic (exact) mass is 354 g/mol. The Hall–Kier alpha value is -2.50. The van der Waals surface area contributed by atoms with E-state index in [1.165, 1.54) is 5.56 Å². The van der Waals surface area contributed by atoms with Gasteiger partial charge < -0.3 is 9.47 Å². The number of aromatic nitrogens is 2. The van der Waals surface area contributed by atoms with E-state index in [9.17, 15) is 9.59 Å². The Morgan fingerprint density at radius 3 is 2.38 bits per heavy atom. The highest BCUT2D eigenvalue weighted by atomic mass is 16.7. The van der Waals surface area contributed by atoms with Gasteiger partial charge in [-0.05, 0) is 55.2 Å². The summed E-state index contributed by atoms with van der Waals surface area (Å²) in [5.74, 6) is -2.49. The van der Waals surface area contributed by atoms with Crippen LogP contribution in [-0.4, -0.2) is 27.7 Å². The van der Waals surface area contributed by atoms with E-state index < -0.39 is 23.6 Å². The smallest absolute Gasteiger partial charge is 0.323 e. The minimum Gasteiger partial charge on any atom is -0.422 e. The second-order valence-electron chi connectivity index (χ2n) is 7.62. The first-order chi connectivity index (χ1) is 12.4. The van der Waals surface area contributed by atoms with E-state index in [2.05, 4.69) is 16.0 Å². The molecule has 6 nitrogen and oxygen atoms in total. The van der Waals surface area contributed by atoms with Gasteiger partial charge in [0.25, 0.3) is 5.79 Å². The molecule has 136 valence electrons. The van der Waals surface area contributed by atoms with Crippen molar-refractivity contribution in [2.24, 2.45) is 11.8 Å². The minimum atomic E-state index is -1.16. The first-order valence-electron chi connectivity index (χ1n) is 9.09. The Kier molecular flexibility index (Phi) is 4.13. The lowest BCUT2D eigenvalue weighted by Gasteiger charge is -2.38. The van der Waals surface area contributed by atoms with E-state index in [1.807, 2.05) is 18.5 Å². The molecule has 2 aromatic heterocycles. The first-order valence-corrected chi connectivity index (χ1v) is 9.09. The molecule has 2 aromatic rings. The number of esters is 2. The number of ether oxygens (including phenoxy) is 2. The molecule has 0 N–H and O–H groups in total. The molecule has 0 bridgehead atoms. The number of pyridine rings is 2. The van der Waals surface area contributed by atoms with Crippen molar-refractivity contribution in [1.82, 2.24) is 9.97 Å². The SMILES string of the molecule is CC1(C)OC(=O)C(C2CCC(c3ccnc4ccncc34)CC2)C(=O)O1. The number of carbonyl (C=O) groups is 2. The third kappa shape index (κ3) is 3.04. The Morgan fingerprint density at radius 1 is 1.00 bits per heavy atom. The zero-order valence-electron chi connectivity index (χ0n) is 15.0. The van der Waals surface area contributed by atoms with Crippen molar-refractivity contribution in [3.8, 4) is 0 Å². The van der Waals surface area contributed by atoms with E-state index in [0.717, 1.165) is 36.6 Å². The summed E-state index contributed by atoms with van der Waals surface area (Å²) in [4.78, 5) is 33.2. The Morgan fingerprint density at radius 2 is 1.69 bits per heavy atom. The molecule has 2 fully saturated rings. The van der Waals surface area contributed by atoms with E-state index in [0.29, 0.717) is 5.92 Å². The highest BCUT2D eigenvalue weighted by Gasteiger charge is 2.47. The lowest BCUT2D eigenvalue weighted by molar-refractivity contribution is -0.243. The summed E-state index contributed by atoms with van der Waals surface area (Å²) in [5, 5.41) is 1.08. The molecule has 1 saturated heterocycles. The Balaban J connectivity index is 1.49. The van der Waals surface area contributed by atoms with Crippen LogP contribution in [0.1, 0.15) is 51.0 Å². The maximum absolute atomic E-state index is 12.3. The number of fused-ring (bicyclic) bond motifs is 1. The average molecular weight is 354 g/mol. The largest absolute Gasteiger partial charge is 0.422 e. The number of carbonyl (C=O) groups excluding carboxylic acids is 2. The summed E-state index contributed by atoms with van der Waals surface area (Å²) >= 11 is 0. The van der Waals surface area contributed by atoms with Gasteiger partial charge in [-0.2, -0.15) is 0 Å². The molecule has 0 amide bonds. The van der Waals surface area contributed by atoms with Crippen LogP contribution >= 0.6 is 0 Å².